The van der Waals surface area contributed by atoms with Gasteiger partial charge in [0.05, 0.1) is 30.7 Å². The maximum atomic E-state index is 12.9. The Kier molecular flexibility index (Phi) is 4.44. The van der Waals surface area contributed by atoms with Crippen molar-refractivity contribution in [3.63, 3.8) is 0 Å². The van der Waals surface area contributed by atoms with E-state index in [0.717, 1.165) is 12.5 Å². The second-order valence-corrected chi connectivity index (χ2v) is 7.07. The monoisotopic (exact) mass is 387 g/mol. The quantitative estimate of drug-likeness (QED) is 0.731. The summed E-state index contributed by atoms with van der Waals surface area (Å²) < 4.78 is 47.7. The lowest BCUT2D eigenvalue weighted by Crippen LogP contribution is -2.62. The molecule has 0 radical (unpaired) electrons. The summed E-state index contributed by atoms with van der Waals surface area (Å²) in [5, 5.41) is 2.62. The van der Waals surface area contributed by atoms with E-state index in [9.17, 15) is 18.0 Å². The van der Waals surface area contributed by atoms with Gasteiger partial charge in [0.25, 0.3) is 0 Å². The molecule has 3 heterocycles. The highest BCUT2D eigenvalue weighted by atomic mass is 19.4. The van der Waals surface area contributed by atoms with Crippen LogP contribution in [0.25, 0.3) is 0 Å². The van der Waals surface area contributed by atoms with E-state index in [-0.39, 0.29) is 23.8 Å². The fourth-order valence-electron chi connectivity index (χ4n) is 3.77. The smallest absolute Gasteiger partial charge is 0.404 e. The molecule has 2 atom stereocenters. The van der Waals surface area contributed by atoms with E-state index < -0.39 is 17.7 Å². The van der Waals surface area contributed by atoms with Gasteiger partial charge in [-0.3, -0.25) is 20.0 Å². The van der Waals surface area contributed by atoms with Gasteiger partial charge in [-0.15, -0.1) is 13.2 Å². The average molecular weight is 387 g/mol. The predicted molar refractivity (Wildman–Crippen MR) is 89.2 cm³/mol. The number of hydrogen-bond donors (Lipinski definition) is 2. The standard InChI is InChI=1S/C17H20F3N3O4/c1-25-22-10-2-3-14(27-17(18,19)20)13(6-10)21-15(24)16(4-5-16)23-8-11-7-12(9-23)26-11/h2-3,6,11-12,22H,4-5,7-9H2,1H3,(H,21,24). The maximum absolute atomic E-state index is 12.9. The van der Waals surface area contributed by atoms with Crippen molar-refractivity contribution in [2.75, 3.05) is 31.0 Å². The molecule has 0 spiro atoms. The fraction of sp³-hybridized carbons (Fsp3) is 0.588. The number of morpholine rings is 1. The minimum Gasteiger partial charge on any atom is -0.404 e. The van der Waals surface area contributed by atoms with Gasteiger partial charge in [0, 0.05) is 19.5 Å². The fourth-order valence-corrected chi connectivity index (χ4v) is 3.77. The van der Waals surface area contributed by atoms with E-state index in [1.54, 1.807) is 0 Å². The Morgan fingerprint density at radius 3 is 2.52 bits per heavy atom. The summed E-state index contributed by atoms with van der Waals surface area (Å²) in [6, 6.07) is 3.84. The van der Waals surface area contributed by atoms with E-state index in [1.807, 2.05) is 0 Å². The first kappa shape index (κ1) is 18.3. The summed E-state index contributed by atoms with van der Waals surface area (Å²) in [6.07, 6.45) is -2.23. The highest BCUT2D eigenvalue weighted by molar-refractivity contribution is 6.01. The first-order valence-corrected chi connectivity index (χ1v) is 8.70. The van der Waals surface area contributed by atoms with Gasteiger partial charge in [0.1, 0.15) is 5.54 Å². The van der Waals surface area contributed by atoms with Crippen LogP contribution in [0.4, 0.5) is 24.5 Å². The van der Waals surface area contributed by atoms with Crippen LogP contribution >= 0.6 is 0 Å². The summed E-state index contributed by atoms with van der Waals surface area (Å²) in [5.74, 6) is -0.802. The van der Waals surface area contributed by atoms with Crippen LogP contribution in [0.5, 0.6) is 5.75 Å². The van der Waals surface area contributed by atoms with Crippen LogP contribution in [-0.4, -0.2) is 55.1 Å². The zero-order valence-electron chi connectivity index (χ0n) is 14.6. The van der Waals surface area contributed by atoms with Crippen LogP contribution in [0, 0.1) is 0 Å². The van der Waals surface area contributed by atoms with Gasteiger partial charge in [-0.25, -0.2) is 0 Å². The van der Waals surface area contributed by atoms with Crippen molar-refractivity contribution < 1.29 is 32.3 Å². The molecule has 1 saturated carbocycles. The van der Waals surface area contributed by atoms with Gasteiger partial charge in [-0.05, 0) is 31.0 Å². The number of fused-ring (bicyclic) bond motifs is 2. The van der Waals surface area contributed by atoms with Crippen molar-refractivity contribution in [2.45, 2.75) is 43.4 Å². The van der Waals surface area contributed by atoms with Gasteiger partial charge in [0.15, 0.2) is 5.75 Å². The van der Waals surface area contributed by atoms with Crippen LogP contribution in [0.3, 0.4) is 0 Å². The van der Waals surface area contributed by atoms with Gasteiger partial charge in [-0.1, -0.05) is 0 Å². The maximum Gasteiger partial charge on any atom is 0.573 e. The minimum atomic E-state index is -4.86. The van der Waals surface area contributed by atoms with Crippen molar-refractivity contribution in [1.82, 2.24) is 4.90 Å². The molecule has 2 unspecified atom stereocenters. The lowest BCUT2D eigenvalue weighted by molar-refractivity contribution is -0.274. The van der Waals surface area contributed by atoms with E-state index in [0.29, 0.717) is 31.6 Å². The van der Waals surface area contributed by atoms with Gasteiger partial charge in [0.2, 0.25) is 5.91 Å². The van der Waals surface area contributed by atoms with Crippen molar-refractivity contribution in [1.29, 1.82) is 0 Å². The SMILES string of the molecule is CONc1ccc(OC(F)(F)F)c(NC(=O)C2(N3CC4CC(C3)O4)CC2)c1. The number of benzene rings is 1. The molecule has 2 N–H and O–H groups in total. The lowest BCUT2D eigenvalue weighted by Gasteiger charge is -2.49. The normalized spacial score (nSPS) is 26.1. The minimum absolute atomic E-state index is 0.0657. The molecule has 10 heteroatoms. The molecule has 1 amide bonds. The van der Waals surface area contributed by atoms with Crippen molar-refractivity contribution in [3.05, 3.63) is 18.2 Å². The molecule has 2 bridgehead atoms. The Bertz CT molecular complexity index is 723. The number of alkyl halides is 3. The first-order valence-electron chi connectivity index (χ1n) is 8.70. The van der Waals surface area contributed by atoms with Gasteiger partial charge >= 0.3 is 6.36 Å². The number of nitrogens with zero attached hydrogens (tertiary/aromatic N) is 1. The molecule has 0 aromatic heterocycles. The van der Waals surface area contributed by atoms with Crippen molar-refractivity contribution in [3.8, 4) is 5.75 Å². The Balaban J connectivity index is 1.53. The third kappa shape index (κ3) is 3.69. The number of halogens is 3. The molecule has 5 rings (SSSR count). The molecule has 148 valence electrons. The average Bonchev–Trinajstić information content (AvgIpc) is 3.38. The number of carbonyl (C=O) groups is 1. The number of nitrogens with one attached hydrogen (secondary N) is 2. The zero-order valence-corrected chi connectivity index (χ0v) is 14.6. The third-order valence-corrected chi connectivity index (χ3v) is 5.18. The molecule has 4 fully saturated rings. The lowest BCUT2D eigenvalue weighted by atomic mass is 9.96. The Morgan fingerprint density at radius 1 is 1.30 bits per heavy atom. The predicted octanol–water partition coefficient (Wildman–Crippen LogP) is 2.50. The topological polar surface area (TPSA) is 72.1 Å². The number of piperidine rings is 1. The number of amides is 1. The van der Waals surface area contributed by atoms with E-state index in [4.69, 9.17) is 9.57 Å². The van der Waals surface area contributed by atoms with Crippen LogP contribution in [0.1, 0.15) is 19.3 Å². The second kappa shape index (κ2) is 6.54. The molecule has 1 aliphatic carbocycles. The third-order valence-electron chi connectivity index (χ3n) is 5.18. The molecule has 27 heavy (non-hydrogen) atoms. The number of hydrogen-bond acceptors (Lipinski definition) is 6. The molecule has 3 saturated heterocycles. The summed E-state index contributed by atoms with van der Waals surface area (Å²) >= 11 is 0. The van der Waals surface area contributed by atoms with E-state index in [1.165, 1.54) is 19.2 Å². The van der Waals surface area contributed by atoms with E-state index >= 15 is 0 Å². The van der Waals surface area contributed by atoms with Crippen molar-refractivity contribution in [2.24, 2.45) is 0 Å². The van der Waals surface area contributed by atoms with E-state index in [2.05, 4.69) is 20.4 Å². The van der Waals surface area contributed by atoms with Crippen LogP contribution in [0.15, 0.2) is 18.2 Å². The summed E-state index contributed by atoms with van der Waals surface area (Å²) in [4.78, 5) is 19.8. The van der Waals surface area contributed by atoms with Crippen LogP contribution in [0.2, 0.25) is 0 Å². The summed E-state index contributed by atoms with van der Waals surface area (Å²) in [6.45, 7) is 1.34. The molecule has 1 aromatic rings. The Labute approximate surface area is 153 Å². The second-order valence-electron chi connectivity index (χ2n) is 7.07. The van der Waals surface area contributed by atoms with Crippen LogP contribution in [-0.2, 0) is 14.4 Å². The largest absolute Gasteiger partial charge is 0.573 e. The number of rotatable bonds is 6. The van der Waals surface area contributed by atoms with Crippen molar-refractivity contribution >= 4 is 17.3 Å². The molecular formula is C17H20F3N3O4. The Morgan fingerprint density at radius 2 is 1.96 bits per heavy atom. The zero-order chi connectivity index (χ0) is 19.2. The van der Waals surface area contributed by atoms with Crippen LogP contribution < -0.4 is 15.5 Å². The Hall–Kier alpha value is -2.04. The number of ether oxygens (including phenoxy) is 2. The van der Waals surface area contributed by atoms with Gasteiger partial charge < -0.3 is 14.8 Å². The first-order chi connectivity index (χ1) is 12.8. The number of carbonyl (C=O) groups excluding carboxylic acids is 1. The summed E-state index contributed by atoms with van der Waals surface area (Å²) in [5.41, 5.74) is 2.17. The van der Waals surface area contributed by atoms with Gasteiger partial charge in [-0.2, -0.15) is 0 Å². The summed E-state index contributed by atoms with van der Waals surface area (Å²) in [7, 11) is 1.38. The highest BCUT2D eigenvalue weighted by Crippen LogP contribution is 2.47. The molecule has 1 aromatic carbocycles. The highest BCUT2D eigenvalue weighted by Gasteiger charge is 2.58. The molecule has 7 nitrogen and oxygen atoms in total. The molecule has 4 aliphatic rings. The number of anilines is 2. The molecular weight excluding hydrogens is 367 g/mol. The molecule has 3 aliphatic heterocycles.